The van der Waals surface area contributed by atoms with Crippen molar-refractivity contribution < 1.29 is 4.79 Å². The van der Waals surface area contributed by atoms with E-state index in [1.165, 1.54) is 5.56 Å². The summed E-state index contributed by atoms with van der Waals surface area (Å²) < 4.78 is 0. The van der Waals surface area contributed by atoms with Crippen LogP contribution in [-0.2, 0) is 17.6 Å². The number of thiazole rings is 1. The highest BCUT2D eigenvalue weighted by Gasteiger charge is 2.34. The molecule has 0 spiro atoms. The van der Waals surface area contributed by atoms with Crippen LogP contribution < -0.4 is 0 Å². The zero-order valence-electron chi connectivity index (χ0n) is 14.1. The first-order valence-corrected chi connectivity index (χ1v) is 9.66. The lowest BCUT2D eigenvalue weighted by Crippen LogP contribution is -2.50. The molecular weight excluding hydrogens is 318 g/mol. The Kier molecular flexibility index (Phi) is 4.37. The summed E-state index contributed by atoms with van der Waals surface area (Å²) in [6.07, 6.45) is 2.60. The average Bonchev–Trinajstić information content (AvgIpc) is 3.22. The fraction of sp³-hybridized carbons (Fsp3) is 0.474. The van der Waals surface area contributed by atoms with E-state index in [0.29, 0.717) is 12.5 Å². The number of hydrogen-bond acceptors (Lipinski definition) is 4. The van der Waals surface area contributed by atoms with Crippen molar-refractivity contribution >= 4 is 17.2 Å². The number of rotatable bonds is 4. The Labute approximate surface area is 147 Å². The SMILES string of the molecule is CCc1ccc(-c2nc(CC(=O)N3CCN4CCC3C4)cs2)cc1. The molecular formula is C19H23N3OS. The molecule has 4 nitrogen and oxygen atoms in total. The standard InChI is InChI=1S/C19H23N3OS/c1-2-14-3-5-15(6-4-14)19-20-16(13-24-19)11-18(23)22-10-9-21-8-7-17(22)12-21/h3-6,13,17H,2,7-12H2,1H3. The minimum Gasteiger partial charge on any atom is -0.337 e. The molecule has 0 saturated carbocycles. The maximum atomic E-state index is 12.7. The van der Waals surface area contributed by atoms with Gasteiger partial charge in [0.1, 0.15) is 5.01 Å². The second kappa shape index (κ2) is 6.65. The lowest BCUT2D eigenvalue weighted by molar-refractivity contribution is -0.133. The Bertz CT molecular complexity index is 724. The Morgan fingerprint density at radius 2 is 2.08 bits per heavy atom. The Morgan fingerprint density at radius 3 is 2.88 bits per heavy atom. The summed E-state index contributed by atoms with van der Waals surface area (Å²) in [5.41, 5.74) is 3.38. The zero-order chi connectivity index (χ0) is 16.5. The Balaban J connectivity index is 1.43. The second-order valence-corrected chi connectivity index (χ2v) is 7.56. The zero-order valence-corrected chi connectivity index (χ0v) is 14.9. The molecule has 0 N–H and O–H groups in total. The second-order valence-electron chi connectivity index (χ2n) is 6.70. The molecule has 2 atom stereocenters. The number of benzene rings is 1. The van der Waals surface area contributed by atoms with Gasteiger partial charge in [0.25, 0.3) is 0 Å². The highest BCUT2D eigenvalue weighted by atomic mass is 32.1. The molecule has 1 aromatic heterocycles. The van der Waals surface area contributed by atoms with Gasteiger partial charge >= 0.3 is 0 Å². The van der Waals surface area contributed by atoms with E-state index in [0.717, 1.165) is 55.3 Å². The molecule has 2 aromatic rings. The van der Waals surface area contributed by atoms with Crippen molar-refractivity contribution in [2.45, 2.75) is 32.2 Å². The topological polar surface area (TPSA) is 36.4 Å². The highest BCUT2D eigenvalue weighted by Crippen LogP contribution is 2.26. The summed E-state index contributed by atoms with van der Waals surface area (Å²) in [5.74, 6) is 0.236. The van der Waals surface area contributed by atoms with Gasteiger partial charge in [-0.15, -0.1) is 11.3 Å². The van der Waals surface area contributed by atoms with Gasteiger partial charge in [-0.1, -0.05) is 31.2 Å². The van der Waals surface area contributed by atoms with E-state index in [2.05, 4.69) is 41.0 Å². The maximum absolute atomic E-state index is 12.7. The van der Waals surface area contributed by atoms with Gasteiger partial charge in [-0.3, -0.25) is 9.69 Å². The van der Waals surface area contributed by atoms with Crippen molar-refractivity contribution in [2.75, 3.05) is 26.2 Å². The highest BCUT2D eigenvalue weighted by molar-refractivity contribution is 7.13. The lowest BCUT2D eigenvalue weighted by atomic mass is 10.1. The van der Waals surface area contributed by atoms with E-state index in [1.807, 2.05) is 5.38 Å². The van der Waals surface area contributed by atoms with Crippen LogP contribution >= 0.6 is 11.3 Å². The fourth-order valence-electron chi connectivity index (χ4n) is 3.69. The lowest BCUT2D eigenvalue weighted by Gasteiger charge is -2.34. The van der Waals surface area contributed by atoms with Crippen LogP contribution in [0, 0.1) is 0 Å². The molecule has 2 aliphatic rings. The minimum absolute atomic E-state index is 0.236. The van der Waals surface area contributed by atoms with Crippen LogP contribution in [0.3, 0.4) is 0 Å². The first-order chi connectivity index (χ1) is 11.7. The van der Waals surface area contributed by atoms with E-state index in [-0.39, 0.29) is 5.91 Å². The molecule has 0 radical (unpaired) electrons. The van der Waals surface area contributed by atoms with Crippen LogP contribution in [0.5, 0.6) is 0 Å². The maximum Gasteiger partial charge on any atom is 0.228 e. The number of amides is 1. The third kappa shape index (κ3) is 3.10. The third-order valence-electron chi connectivity index (χ3n) is 5.16. The number of carbonyl (C=O) groups is 1. The molecule has 1 amide bonds. The number of piperazine rings is 1. The summed E-state index contributed by atoms with van der Waals surface area (Å²) in [5, 5.41) is 3.04. The van der Waals surface area contributed by atoms with Crippen molar-refractivity contribution in [3.8, 4) is 10.6 Å². The number of hydrogen-bond donors (Lipinski definition) is 0. The largest absolute Gasteiger partial charge is 0.337 e. The summed E-state index contributed by atoms with van der Waals surface area (Å²) in [6, 6.07) is 8.98. The molecule has 126 valence electrons. The van der Waals surface area contributed by atoms with Crippen LogP contribution in [-0.4, -0.2) is 52.9 Å². The average molecular weight is 341 g/mol. The van der Waals surface area contributed by atoms with Gasteiger partial charge in [-0.2, -0.15) is 0 Å². The molecule has 0 aliphatic carbocycles. The van der Waals surface area contributed by atoms with Gasteiger partial charge in [0, 0.05) is 43.2 Å². The molecule has 1 aromatic carbocycles. The third-order valence-corrected chi connectivity index (χ3v) is 6.10. The molecule has 2 aliphatic heterocycles. The van der Waals surface area contributed by atoms with E-state index in [4.69, 9.17) is 4.98 Å². The predicted octanol–water partition coefficient (Wildman–Crippen LogP) is 2.83. The molecule has 2 bridgehead atoms. The molecule has 24 heavy (non-hydrogen) atoms. The van der Waals surface area contributed by atoms with Gasteiger partial charge in [0.05, 0.1) is 12.1 Å². The monoisotopic (exact) mass is 341 g/mol. The first kappa shape index (κ1) is 15.8. The smallest absolute Gasteiger partial charge is 0.228 e. The minimum atomic E-state index is 0.236. The van der Waals surface area contributed by atoms with Crippen molar-refractivity contribution in [1.82, 2.24) is 14.8 Å². The van der Waals surface area contributed by atoms with Crippen LogP contribution in [0.25, 0.3) is 10.6 Å². The van der Waals surface area contributed by atoms with E-state index in [1.54, 1.807) is 11.3 Å². The number of aryl methyl sites for hydroxylation is 1. The molecule has 3 heterocycles. The quantitative estimate of drug-likeness (QED) is 0.858. The number of nitrogens with zero attached hydrogens (tertiary/aromatic N) is 3. The van der Waals surface area contributed by atoms with Crippen LogP contribution in [0.15, 0.2) is 29.6 Å². The Morgan fingerprint density at radius 1 is 1.25 bits per heavy atom. The van der Waals surface area contributed by atoms with Gasteiger partial charge in [0.2, 0.25) is 5.91 Å². The van der Waals surface area contributed by atoms with Crippen LogP contribution in [0.4, 0.5) is 0 Å². The number of carbonyl (C=O) groups excluding carboxylic acids is 1. The van der Waals surface area contributed by atoms with Crippen molar-refractivity contribution in [2.24, 2.45) is 0 Å². The summed E-state index contributed by atoms with van der Waals surface area (Å²) in [6.45, 7) is 6.25. The van der Waals surface area contributed by atoms with Crippen molar-refractivity contribution in [1.29, 1.82) is 0 Å². The number of aromatic nitrogens is 1. The summed E-state index contributed by atoms with van der Waals surface area (Å²) in [4.78, 5) is 21.9. The first-order valence-electron chi connectivity index (χ1n) is 8.78. The number of fused-ring (bicyclic) bond motifs is 2. The van der Waals surface area contributed by atoms with E-state index in [9.17, 15) is 4.79 Å². The summed E-state index contributed by atoms with van der Waals surface area (Å²) in [7, 11) is 0. The van der Waals surface area contributed by atoms with E-state index >= 15 is 0 Å². The molecule has 5 heteroatoms. The van der Waals surface area contributed by atoms with Crippen LogP contribution in [0.2, 0.25) is 0 Å². The predicted molar refractivity (Wildman–Crippen MR) is 97.2 cm³/mol. The van der Waals surface area contributed by atoms with Gasteiger partial charge in [-0.05, 0) is 18.4 Å². The normalized spacial score (nSPS) is 22.8. The van der Waals surface area contributed by atoms with Gasteiger partial charge in [-0.25, -0.2) is 4.98 Å². The molecule has 4 rings (SSSR count). The Hall–Kier alpha value is -1.72. The van der Waals surface area contributed by atoms with Gasteiger partial charge < -0.3 is 4.90 Å². The van der Waals surface area contributed by atoms with Crippen molar-refractivity contribution in [3.05, 3.63) is 40.9 Å². The van der Waals surface area contributed by atoms with Gasteiger partial charge in [0.15, 0.2) is 0 Å². The molecule has 2 unspecified atom stereocenters. The van der Waals surface area contributed by atoms with Crippen LogP contribution in [0.1, 0.15) is 24.6 Å². The molecule has 2 fully saturated rings. The van der Waals surface area contributed by atoms with E-state index < -0.39 is 0 Å². The summed E-state index contributed by atoms with van der Waals surface area (Å²) >= 11 is 1.63. The molecule has 2 saturated heterocycles. The van der Waals surface area contributed by atoms with Crippen molar-refractivity contribution in [3.63, 3.8) is 0 Å². The fourth-order valence-corrected chi connectivity index (χ4v) is 4.52.